The highest BCUT2D eigenvalue weighted by Crippen LogP contribution is 2.17. The molecule has 7 heteroatoms. The fraction of sp³-hybridized carbons (Fsp3) is 0.429. The molecule has 5 N–H and O–H groups in total. The van der Waals surface area contributed by atoms with Crippen molar-refractivity contribution in [2.75, 3.05) is 13.3 Å². The van der Waals surface area contributed by atoms with Gasteiger partial charge in [-0.1, -0.05) is 12.1 Å². The van der Waals surface area contributed by atoms with Gasteiger partial charge in [0, 0.05) is 5.92 Å². The average molecular weight is 298 g/mol. The van der Waals surface area contributed by atoms with Gasteiger partial charge in [0.15, 0.2) is 0 Å². The molecule has 0 unspecified atom stereocenters. The van der Waals surface area contributed by atoms with Gasteiger partial charge in [-0.05, 0) is 30.5 Å². The zero-order valence-corrected chi connectivity index (χ0v) is 11.5. The van der Waals surface area contributed by atoms with Crippen molar-refractivity contribution >= 4 is 11.9 Å². The fourth-order valence-corrected chi connectivity index (χ4v) is 1.87. The van der Waals surface area contributed by atoms with Crippen molar-refractivity contribution in [1.82, 2.24) is 0 Å². The summed E-state index contributed by atoms with van der Waals surface area (Å²) in [5, 5.41) is 8.77. The molecule has 0 saturated carbocycles. The van der Waals surface area contributed by atoms with E-state index in [0.29, 0.717) is 12.2 Å². The van der Waals surface area contributed by atoms with E-state index in [1.165, 1.54) is 0 Å². The molecule has 0 aliphatic rings. The summed E-state index contributed by atoms with van der Waals surface area (Å²) in [7, 11) is 0. The van der Waals surface area contributed by atoms with E-state index in [9.17, 15) is 14.0 Å². The number of primary amides is 1. The minimum absolute atomic E-state index is 0.0171. The van der Waals surface area contributed by atoms with Crippen molar-refractivity contribution in [3.8, 4) is 5.75 Å². The number of rotatable bonds is 9. The molecule has 6 nitrogen and oxygen atoms in total. The number of carboxylic acid groups (broad SMARTS) is 1. The first-order valence-corrected chi connectivity index (χ1v) is 6.49. The number of amides is 1. The molecular formula is C14H19FN2O4. The Bertz CT molecular complexity index is 478. The molecule has 0 aliphatic carbocycles. The van der Waals surface area contributed by atoms with Crippen molar-refractivity contribution in [2.45, 2.75) is 18.9 Å². The van der Waals surface area contributed by atoms with E-state index in [4.69, 9.17) is 21.3 Å². The first kappa shape index (κ1) is 16.9. The van der Waals surface area contributed by atoms with Gasteiger partial charge in [0.25, 0.3) is 0 Å². The number of nitrogens with two attached hydrogens (primary N) is 2. The lowest BCUT2D eigenvalue weighted by Gasteiger charge is -2.16. The molecule has 1 rings (SSSR count). The molecule has 0 aromatic heterocycles. The van der Waals surface area contributed by atoms with Crippen LogP contribution in [0, 0.1) is 5.92 Å². The van der Waals surface area contributed by atoms with Gasteiger partial charge in [-0.15, -0.1) is 0 Å². The highest BCUT2D eigenvalue weighted by Gasteiger charge is 2.23. The van der Waals surface area contributed by atoms with Gasteiger partial charge < -0.3 is 21.3 Å². The van der Waals surface area contributed by atoms with Crippen LogP contribution in [0.4, 0.5) is 4.39 Å². The van der Waals surface area contributed by atoms with E-state index in [1.54, 1.807) is 24.3 Å². The van der Waals surface area contributed by atoms with Crippen molar-refractivity contribution in [1.29, 1.82) is 0 Å². The number of ether oxygens (including phenoxy) is 1. The van der Waals surface area contributed by atoms with Crippen molar-refractivity contribution in [2.24, 2.45) is 17.4 Å². The van der Waals surface area contributed by atoms with Gasteiger partial charge in [-0.3, -0.25) is 9.59 Å². The number of hydrogen-bond acceptors (Lipinski definition) is 4. The Morgan fingerprint density at radius 1 is 1.29 bits per heavy atom. The van der Waals surface area contributed by atoms with Crippen LogP contribution in [0.25, 0.3) is 0 Å². The molecule has 116 valence electrons. The van der Waals surface area contributed by atoms with Gasteiger partial charge in [-0.25, -0.2) is 4.39 Å². The number of carbonyl (C=O) groups is 2. The minimum Gasteiger partial charge on any atom is -0.491 e. The Hall–Kier alpha value is -2.15. The van der Waals surface area contributed by atoms with E-state index in [0.717, 1.165) is 5.56 Å². The summed E-state index contributed by atoms with van der Waals surface area (Å²) in [6, 6.07) is 5.61. The predicted molar refractivity (Wildman–Crippen MR) is 74.5 cm³/mol. The summed E-state index contributed by atoms with van der Waals surface area (Å²) in [5.41, 5.74) is 11.5. The molecule has 2 atom stereocenters. The Morgan fingerprint density at radius 2 is 1.90 bits per heavy atom. The Labute approximate surface area is 121 Å². The van der Waals surface area contributed by atoms with E-state index in [1.807, 2.05) is 0 Å². The second-order valence-electron chi connectivity index (χ2n) is 4.67. The average Bonchev–Trinajstić information content (AvgIpc) is 2.45. The van der Waals surface area contributed by atoms with Crippen LogP contribution < -0.4 is 16.2 Å². The van der Waals surface area contributed by atoms with Gasteiger partial charge in [0.2, 0.25) is 5.91 Å². The smallest absolute Gasteiger partial charge is 0.320 e. The maximum atomic E-state index is 12.0. The van der Waals surface area contributed by atoms with E-state index in [2.05, 4.69) is 0 Å². The van der Waals surface area contributed by atoms with Gasteiger partial charge in [-0.2, -0.15) is 0 Å². The van der Waals surface area contributed by atoms with Crippen LogP contribution in [0.5, 0.6) is 5.75 Å². The number of hydrogen-bond donors (Lipinski definition) is 3. The third-order valence-electron chi connectivity index (χ3n) is 3.01. The van der Waals surface area contributed by atoms with Crippen LogP contribution in [0.15, 0.2) is 24.3 Å². The monoisotopic (exact) mass is 298 g/mol. The highest BCUT2D eigenvalue weighted by molar-refractivity contribution is 5.79. The molecule has 0 fully saturated rings. The molecule has 1 aromatic rings. The Balaban J connectivity index is 2.66. The lowest BCUT2D eigenvalue weighted by Crippen LogP contribution is -2.37. The van der Waals surface area contributed by atoms with Crippen molar-refractivity contribution in [3.63, 3.8) is 0 Å². The first-order chi connectivity index (χ1) is 9.93. The van der Waals surface area contributed by atoms with Crippen LogP contribution in [0.2, 0.25) is 0 Å². The number of benzene rings is 1. The summed E-state index contributed by atoms with van der Waals surface area (Å²) in [4.78, 5) is 22.1. The van der Waals surface area contributed by atoms with Crippen LogP contribution in [-0.4, -0.2) is 36.3 Å². The van der Waals surface area contributed by atoms with Crippen molar-refractivity contribution < 1.29 is 23.8 Å². The van der Waals surface area contributed by atoms with Gasteiger partial charge >= 0.3 is 5.97 Å². The lowest BCUT2D eigenvalue weighted by atomic mass is 9.92. The minimum atomic E-state index is -1.17. The standard InChI is InChI=1S/C14H19FN2O4/c15-5-6-21-11-3-1-9(2-4-11)7-10(13(17)18)8-12(16)14(19)20/h1-4,10,12H,5-8,16H2,(H2,17,18)(H,19,20)/t10-,12-/m0/s1. The summed E-state index contributed by atoms with van der Waals surface area (Å²) in [6.45, 7) is -0.588. The summed E-state index contributed by atoms with van der Waals surface area (Å²) >= 11 is 0. The summed E-state index contributed by atoms with van der Waals surface area (Å²) < 4.78 is 17.1. The molecule has 0 spiro atoms. The maximum absolute atomic E-state index is 12.0. The van der Waals surface area contributed by atoms with Crippen molar-refractivity contribution in [3.05, 3.63) is 29.8 Å². The SMILES string of the molecule is NC(=O)[C@@H](Cc1ccc(OCCF)cc1)C[C@H](N)C(=O)O. The predicted octanol–water partition coefficient (Wildman–Crippen LogP) is 0.481. The van der Waals surface area contributed by atoms with Gasteiger partial charge in [0.05, 0.1) is 0 Å². The Morgan fingerprint density at radius 3 is 2.38 bits per heavy atom. The largest absolute Gasteiger partial charge is 0.491 e. The molecule has 1 aromatic carbocycles. The number of halogens is 1. The number of alkyl halides is 1. The van der Waals surface area contributed by atoms with Crippen LogP contribution in [-0.2, 0) is 16.0 Å². The highest BCUT2D eigenvalue weighted by atomic mass is 19.1. The summed E-state index contributed by atoms with van der Waals surface area (Å²) in [6.07, 6.45) is 0.268. The number of aliphatic carboxylic acids is 1. The molecular weight excluding hydrogens is 279 g/mol. The fourth-order valence-electron chi connectivity index (χ4n) is 1.87. The molecule has 0 aliphatic heterocycles. The molecule has 0 bridgehead atoms. The molecule has 21 heavy (non-hydrogen) atoms. The maximum Gasteiger partial charge on any atom is 0.320 e. The van der Waals surface area contributed by atoms with Crippen LogP contribution in [0.1, 0.15) is 12.0 Å². The molecule has 0 radical (unpaired) electrons. The van der Waals surface area contributed by atoms with E-state index >= 15 is 0 Å². The van der Waals surface area contributed by atoms with Gasteiger partial charge in [0.1, 0.15) is 25.1 Å². The lowest BCUT2D eigenvalue weighted by molar-refractivity contribution is -0.139. The molecule has 0 saturated heterocycles. The normalized spacial score (nSPS) is 13.4. The zero-order chi connectivity index (χ0) is 15.8. The molecule has 0 heterocycles. The Kier molecular flexibility index (Phi) is 6.61. The second-order valence-corrected chi connectivity index (χ2v) is 4.67. The third-order valence-corrected chi connectivity index (χ3v) is 3.01. The third kappa shape index (κ3) is 5.78. The topological polar surface area (TPSA) is 116 Å². The first-order valence-electron chi connectivity index (χ1n) is 6.49. The quantitative estimate of drug-likeness (QED) is 0.613. The van der Waals surface area contributed by atoms with E-state index < -0.39 is 30.5 Å². The van der Waals surface area contributed by atoms with Crippen LogP contribution >= 0.6 is 0 Å². The van der Waals surface area contributed by atoms with Crippen LogP contribution in [0.3, 0.4) is 0 Å². The summed E-state index contributed by atoms with van der Waals surface area (Å²) in [5.74, 6) is -1.90. The number of carboxylic acids is 1. The number of carbonyl (C=O) groups excluding carboxylic acids is 1. The second kappa shape index (κ2) is 8.21. The zero-order valence-electron chi connectivity index (χ0n) is 11.5. The van der Waals surface area contributed by atoms with E-state index in [-0.39, 0.29) is 13.0 Å². The molecule has 1 amide bonds.